The summed E-state index contributed by atoms with van der Waals surface area (Å²) in [6, 6.07) is 0.451. The molecule has 0 spiro atoms. The van der Waals surface area contributed by atoms with E-state index in [1.807, 2.05) is 11.6 Å². The van der Waals surface area contributed by atoms with Crippen molar-refractivity contribution in [2.45, 2.75) is 33.2 Å². The molecule has 3 unspecified atom stereocenters. The first-order chi connectivity index (χ1) is 6.52. The topological polar surface area (TPSA) is 43.8 Å². The van der Waals surface area contributed by atoms with E-state index in [-0.39, 0.29) is 0 Å². The molecule has 3 nitrogen and oxygen atoms in total. The highest BCUT2D eigenvalue weighted by molar-refractivity contribution is 14.1. The average molecular weight is 305 g/mol. The van der Waals surface area contributed by atoms with Gasteiger partial charge in [-0.3, -0.25) is 0 Å². The first-order valence-corrected chi connectivity index (χ1v) is 6.10. The smallest absolute Gasteiger partial charge is 0.135 e. The summed E-state index contributed by atoms with van der Waals surface area (Å²) < 4.78 is 3.09. The number of nitrogen functional groups attached to an aromatic ring is 1. The first kappa shape index (κ1) is 10.3. The van der Waals surface area contributed by atoms with Crippen LogP contribution in [-0.2, 0) is 0 Å². The Balaban J connectivity index is 2.27. The van der Waals surface area contributed by atoms with Crippen molar-refractivity contribution in [3.63, 3.8) is 0 Å². The van der Waals surface area contributed by atoms with E-state index in [1.165, 1.54) is 6.42 Å². The quantitative estimate of drug-likeness (QED) is 0.854. The lowest BCUT2D eigenvalue weighted by atomic mass is 10.2. The molecule has 0 radical (unpaired) electrons. The lowest BCUT2D eigenvalue weighted by Gasteiger charge is -2.13. The van der Waals surface area contributed by atoms with Crippen LogP contribution >= 0.6 is 22.6 Å². The maximum Gasteiger partial charge on any atom is 0.135 e. The molecule has 2 N–H and O–H groups in total. The summed E-state index contributed by atoms with van der Waals surface area (Å²) in [5, 5.41) is 4.49. The Kier molecular flexibility index (Phi) is 2.49. The van der Waals surface area contributed by atoms with Crippen molar-refractivity contribution in [3.05, 3.63) is 9.26 Å². The summed E-state index contributed by atoms with van der Waals surface area (Å²) in [5.41, 5.74) is 7.05. The second-order valence-corrected chi connectivity index (χ2v) is 5.43. The number of halogens is 1. The van der Waals surface area contributed by atoms with Crippen molar-refractivity contribution in [3.8, 4) is 0 Å². The summed E-state index contributed by atoms with van der Waals surface area (Å²) in [5.74, 6) is 2.44. The van der Waals surface area contributed by atoms with E-state index in [1.54, 1.807) is 0 Å². The Hall–Kier alpha value is -0.260. The zero-order valence-electron chi connectivity index (χ0n) is 8.79. The number of hydrogen-bond acceptors (Lipinski definition) is 2. The molecular weight excluding hydrogens is 289 g/mol. The third kappa shape index (κ3) is 1.53. The van der Waals surface area contributed by atoms with Gasteiger partial charge in [0.2, 0.25) is 0 Å². The Morgan fingerprint density at radius 2 is 2.21 bits per heavy atom. The molecule has 4 heteroatoms. The molecular formula is C10H16IN3. The van der Waals surface area contributed by atoms with Gasteiger partial charge in [0, 0.05) is 0 Å². The van der Waals surface area contributed by atoms with Crippen molar-refractivity contribution in [1.82, 2.24) is 9.78 Å². The van der Waals surface area contributed by atoms with E-state index in [0.717, 1.165) is 26.9 Å². The van der Waals surface area contributed by atoms with Gasteiger partial charge in [-0.05, 0) is 54.7 Å². The fourth-order valence-corrected chi connectivity index (χ4v) is 2.42. The molecule has 3 atom stereocenters. The zero-order chi connectivity index (χ0) is 10.5. The molecule has 1 aromatic heterocycles. The fourth-order valence-electron chi connectivity index (χ4n) is 2.06. The van der Waals surface area contributed by atoms with E-state index in [4.69, 9.17) is 5.73 Å². The third-order valence-electron chi connectivity index (χ3n) is 3.22. The summed E-state index contributed by atoms with van der Waals surface area (Å²) in [6.07, 6.45) is 1.32. The number of aryl methyl sites for hydroxylation is 1. The average Bonchev–Trinajstić information content (AvgIpc) is 2.82. The molecule has 1 fully saturated rings. The number of nitrogens with zero attached hydrogens (tertiary/aromatic N) is 2. The monoisotopic (exact) mass is 305 g/mol. The molecule has 1 saturated carbocycles. The molecule has 0 bridgehead atoms. The minimum atomic E-state index is 0.451. The second kappa shape index (κ2) is 3.40. The normalized spacial score (nSPS) is 27.7. The fraction of sp³-hybridized carbons (Fsp3) is 0.700. The van der Waals surface area contributed by atoms with Gasteiger partial charge >= 0.3 is 0 Å². The van der Waals surface area contributed by atoms with Crippen LogP contribution in [0, 0.1) is 22.3 Å². The molecule has 2 rings (SSSR count). The van der Waals surface area contributed by atoms with E-state index in [2.05, 4.69) is 41.5 Å². The van der Waals surface area contributed by atoms with Gasteiger partial charge in [0.1, 0.15) is 5.82 Å². The van der Waals surface area contributed by atoms with E-state index < -0.39 is 0 Å². The van der Waals surface area contributed by atoms with Gasteiger partial charge in [0.15, 0.2) is 0 Å². The highest BCUT2D eigenvalue weighted by Crippen LogP contribution is 2.46. The van der Waals surface area contributed by atoms with Gasteiger partial charge in [-0.25, -0.2) is 4.68 Å². The number of nitrogens with two attached hydrogens (primary N) is 1. The van der Waals surface area contributed by atoms with Crippen LogP contribution in [0.15, 0.2) is 0 Å². The van der Waals surface area contributed by atoms with Gasteiger partial charge in [0.25, 0.3) is 0 Å². The summed E-state index contributed by atoms with van der Waals surface area (Å²) in [4.78, 5) is 0. The van der Waals surface area contributed by atoms with Crippen LogP contribution in [0.2, 0.25) is 0 Å². The Bertz CT molecular complexity index is 358. The largest absolute Gasteiger partial charge is 0.383 e. The Morgan fingerprint density at radius 3 is 2.57 bits per heavy atom. The lowest BCUT2D eigenvalue weighted by molar-refractivity contribution is 0.427. The van der Waals surface area contributed by atoms with Crippen molar-refractivity contribution in [2.75, 3.05) is 5.73 Å². The Labute approximate surface area is 98.2 Å². The molecule has 1 aliphatic rings. The highest BCUT2D eigenvalue weighted by atomic mass is 127. The number of aromatic nitrogens is 2. The molecule has 0 aliphatic heterocycles. The predicted molar refractivity (Wildman–Crippen MR) is 66.1 cm³/mol. The van der Waals surface area contributed by atoms with Crippen LogP contribution in [0.3, 0.4) is 0 Å². The lowest BCUT2D eigenvalue weighted by Crippen LogP contribution is -2.13. The summed E-state index contributed by atoms with van der Waals surface area (Å²) in [6.45, 7) is 6.52. The molecule has 14 heavy (non-hydrogen) atoms. The van der Waals surface area contributed by atoms with Gasteiger partial charge in [-0.1, -0.05) is 6.92 Å². The maximum atomic E-state index is 6.01. The molecule has 0 saturated heterocycles. The zero-order valence-corrected chi connectivity index (χ0v) is 10.9. The number of hydrogen-bond donors (Lipinski definition) is 1. The van der Waals surface area contributed by atoms with Crippen LogP contribution < -0.4 is 5.73 Å². The van der Waals surface area contributed by atoms with Gasteiger partial charge in [0.05, 0.1) is 15.3 Å². The summed E-state index contributed by atoms with van der Waals surface area (Å²) in [7, 11) is 0. The van der Waals surface area contributed by atoms with E-state index >= 15 is 0 Å². The number of anilines is 1. The van der Waals surface area contributed by atoms with Crippen molar-refractivity contribution in [2.24, 2.45) is 11.8 Å². The van der Waals surface area contributed by atoms with Crippen molar-refractivity contribution >= 4 is 28.4 Å². The van der Waals surface area contributed by atoms with Crippen LogP contribution in [0.5, 0.6) is 0 Å². The van der Waals surface area contributed by atoms with Crippen molar-refractivity contribution < 1.29 is 0 Å². The molecule has 1 aromatic rings. The predicted octanol–water partition coefficient (Wildman–Crippen LogP) is 2.60. The molecule has 0 amide bonds. The molecule has 1 heterocycles. The van der Waals surface area contributed by atoms with E-state index in [0.29, 0.717) is 6.04 Å². The maximum absolute atomic E-state index is 6.01. The molecule has 1 aliphatic carbocycles. The SMILES string of the molecule is Cc1nn(C(C)C2CC2C)c(N)c1I. The third-order valence-corrected chi connectivity index (χ3v) is 4.56. The van der Waals surface area contributed by atoms with Gasteiger partial charge in [-0.2, -0.15) is 5.10 Å². The second-order valence-electron chi connectivity index (χ2n) is 4.35. The molecule has 78 valence electrons. The van der Waals surface area contributed by atoms with Crippen LogP contribution in [0.4, 0.5) is 5.82 Å². The van der Waals surface area contributed by atoms with Crippen molar-refractivity contribution in [1.29, 1.82) is 0 Å². The standard InChI is InChI=1S/C10H16IN3/c1-5-4-8(5)7(3)14-10(12)9(11)6(2)13-14/h5,7-8H,4,12H2,1-3H3. The summed E-state index contributed by atoms with van der Waals surface area (Å²) >= 11 is 2.26. The van der Waals surface area contributed by atoms with E-state index in [9.17, 15) is 0 Å². The van der Waals surface area contributed by atoms with Gasteiger partial charge < -0.3 is 5.73 Å². The van der Waals surface area contributed by atoms with Gasteiger partial charge in [-0.15, -0.1) is 0 Å². The minimum absolute atomic E-state index is 0.451. The molecule has 0 aromatic carbocycles. The minimum Gasteiger partial charge on any atom is -0.383 e. The highest BCUT2D eigenvalue weighted by Gasteiger charge is 2.39. The number of rotatable bonds is 2. The first-order valence-electron chi connectivity index (χ1n) is 5.02. The Morgan fingerprint density at radius 1 is 1.64 bits per heavy atom. The van der Waals surface area contributed by atoms with Crippen LogP contribution in [-0.4, -0.2) is 9.78 Å². The van der Waals surface area contributed by atoms with Crippen LogP contribution in [0.25, 0.3) is 0 Å². The van der Waals surface area contributed by atoms with Crippen LogP contribution in [0.1, 0.15) is 32.0 Å².